The highest BCUT2D eigenvalue weighted by Crippen LogP contribution is 2.47. The molecular weight excluding hydrogens is 284 g/mol. The molecule has 0 saturated heterocycles. The fourth-order valence-corrected chi connectivity index (χ4v) is 4.46. The van der Waals surface area contributed by atoms with Gasteiger partial charge in [0, 0.05) is 10.4 Å². The molecule has 0 spiro atoms. The van der Waals surface area contributed by atoms with Gasteiger partial charge in [0.15, 0.2) is 5.75 Å². The molecule has 0 aliphatic rings. The van der Waals surface area contributed by atoms with Crippen LogP contribution in [-0.4, -0.2) is 12.9 Å². The summed E-state index contributed by atoms with van der Waals surface area (Å²) in [6.45, 7) is 6.42. The lowest BCUT2D eigenvalue weighted by molar-refractivity contribution is 0.407. The van der Waals surface area contributed by atoms with Gasteiger partial charge in [0.2, 0.25) is 0 Å². The quantitative estimate of drug-likeness (QED) is 0.630. The molecule has 106 valence electrons. The molecule has 0 aliphatic heterocycles. The van der Waals surface area contributed by atoms with Crippen LogP contribution in [-0.2, 0) is 0 Å². The van der Waals surface area contributed by atoms with E-state index in [1.165, 1.54) is 25.8 Å². The molecule has 2 rings (SSSR count). The third-order valence-corrected chi connectivity index (χ3v) is 5.19. The van der Waals surface area contributed by atoms with Gasteiger partial charge in [-0.3, -0.25) is 0 Å². The second-order valence-corrected chi connectivity index (χ2v) is 7.24. The average molecular weight is 304 g/mol. The van der Waals surface area contributed by atoms with E-state index in [9.17, 15) is 0 Å². The molecule has 1 nitrogen and oxygen atoms in total. The first kappa shape index (κ1) is 15.2. The highest BCUT2D eigenvalue weighted by molar-refractivity contribution is 8.01. The average Bonchev–Trinajstić information content (AvgIpc) is 2.77. The minimum Gasteiger partial charge on any atom is -0.494 e. The minimum atomic E-state index is 1.02. The third-order valence-electron chi connectivity index (χ3n) is 2.82. The number of thiophene rings is 1. The predicted octanol–water partition coefficient (Wildman–Crippen LogP) is 5.96. The van der Waals surface area contributed by atoms with E-state index in [1.54, 1.807) is 7.11 Å². The monoisotopic (exact) mass is 304 g/mol. The van der Waals surface area contributed by atoms with Gasteiger partial charge >= 0.3 is 0 Å². The van der Waals surface area contributed by atoms with Gasteiger partial charge in [0.05, 0.1) is 7.11 Å². The van der Waals surface area contributed by atoms with Crippen molar-refractivity contribution >= 4 is 29.2 Å². The van der Waals surface area contributed by atoms with E-state index < -0.39 is 0 Å². The number of hydrogen-bond donors (Lipinski definition) is 0. The maximum absolute atomic E-state index is 5.68. The SMILES string of the molecule is CCSc1sc(-c2ccccc2)c(C=C(C)C)c1OC. The van der Waals surface area contributed by atoms with Crippen molar-refractivity contribution in [2.75, 3.05) is 12.9 Å². The van der Waals surface area contributed by atoms with Crippen LogP contribution in [0.15, 0.2) is 40.1 Å². The van der Waals surface area contributed by atoms with E-state index >= 15 is 0 Å². The van der Waals surface area contributed by atoms with Crippen molar-refractivity contribution < 1.29 is 4.74 Å². The molecule has 0 bridgehead atoms. The van der Waals surface area contributed by atoms with Crippen molar-refractivity contribution in [2.45, 2.75) is 25.0 Å². The van der Waals surface area contributed by atoms with Crippen LogP contribution in [0.3, 0.4) is 0 Å². The minimum absolute atomic E-state index is 1.02. The Labute approximate surface area is 129 Å². The van der Waals surface area contributed by atoms with Crippen molar-refractivity contribution in [1.29, 1.82) is 0 Å². The van der Waals surface area contributed by atoms with Crippen LogP contribution in [0.4, 0.5) is 0 Å². The summed E-state index contributed by atoms with van der Waals surface area (Å²) in [7, 11) is 1.76. The topological polar surface area (TPSA) is 9.23 Å². The van der Waals surface area contributed by atoms with Gasteiger partial charge in [-0.05, 0) is 25.2 Å². The summed E-state index contributed by atoms with van der Waals surface area (Å²) in [6, 6.07) is 10.5. The number of rotatable bonds is 5. The van der Waals surface area contributed by atoms with Crippen LogP contribution >= 0.6 is 23.1 Å². The molecule has 0 N–H and O–H groups in total. The van der Waals surface area contributed by atoms with Crippen LogP contribution in [0.2, 0.25) is 0 Å². The molecule has 1 aromatic carbocycles. The zero-order valence-electron chi connectivity index (χ0n) is 12.4. The van der Waals surface area contributed by atoms with Gasteiger partial charge in [0.1, 0.15) is 4.21 Å². The van der Waals surface area contributed by atoms with Crippen LogP contribution < -0.4 is 4.74 Å². The maximum Gasteiger partial charge on any atom is 0.151 e. The Hall–Kier alpha value is -1.19. The second kappa shape index (κ2) is 7.00. The number of hydrogen-bond acceptors (Lipinski definition) is 3. The summed E-state index contributed by atoms with van der Waals surface area (Å²) >= 11 is 3.67. The molecule has 0 aliphatic carbocycles. The lowest BCUT2D eigenvalue weighted by Gasteiger charge is -2.04. The first-order valence-corrected chi connectivity index (χ1v) is 8.51. The first-order valence-electron chi connectivity index (χ1n) is 6.71. The standard InChI is InChI=1S/C17H20OS2/c1-5-19-17-15(18-4)14(11-12(2)3)16(20-17)13-9-7-6-8-10-13/h6-11H,5H2,1-4H3. The zero-order chi connectivity index (χ0) is 14.5. The molecular formula is C17H20OS2. The first-order chi connectivity index (χ1) is 9.67. The largest absolute Gasteiger partial charge is 0.494 e. The highest BCUT2D eigenvalue weighted by atomic mass is 32.2. The van der Waals surface area contributed by atoms with Crippen LogP contribution in [0.5, 0.6) is 5.75 Å². The molecule has 3 heteroatoms. The van der Waals surface area contributed by atoms with E-state index in [2.05, 4.69) is 57.2 Å². The van der Waals surface area contributed by atoms with Crippen molar-refractivity contribution in [2.24, 2.45) is 0 Å². The van der Waals surface area contributed by atoms with Gasteiger partial charge in [-0.2, -0.15) is 0 Å². The number of methoxy groups -OCH3 is 1. The number of allylic oxidation sites excluding steroid dienone is 1. The van der Waals surface area contributed by atoms with Crippen LogP contribution in [0.25, 0.3) is 16.5 Å². The van der Waals surface area contributed by atoms with Gasteiger partial charge < -0.3 is 4.74 Å². The fourth-order valence-electron chi connectivity index (χ4n) is 2.05. The van der Waals surface area contributed by atoms with E-state index in [0.717, 1.165) is 11.5 Å². The second-order valence-electron chi connectivity index (χ2n) is 4.69. The van der Waals surface area contributed by atoms with Gasteiger partial charge in [-0.15, -0.1) is 23.1 Å². The normalized spacial score (nSPS) is 10.4. The van der Waals surface area contributed by atoms with Gasteiger partial charge in [-0.25, -0.2) is 0 Å². The fraction of sp³-hybridized carbons (Fsp3) is 0.294. The summed E-state index contributed by atoms with van der Waals surface area (Å²) in [4.78, 5) is 1.29. The van der Waals surface area contributed by atoms with E-state index in [4.69, 9.17) is 4.74 Å². The summed E-state index contributed by atoms with van der Waals surface area (Å²) in [5.74, 6) is 2.07. The smallest absolute Gasteiger partial charge is 0.151 e. The van der Waals surface area contributed by atoms with Crippen molar-refractivity contribution in [3.8, 4) is 16.2 Å². The van der Waals surface area contributed by atoms with Crippen molar-refractivity contribution in [1.82, 2.24) is 0 Å². The molecule has 0 amide bonds. The maximum atomic E-state index is 5.68. The summed E-state index contributed by atoms with van der Waals surface area (Å²) in [5, 5.41) is 0. The number of benzene rings is 1. The van der Waals surface area contributed by atoms with Crippen LogP contribution in [0, 0.1) is 0 Å². The lowest BCUT2D eigenvalue weighted by Crippen LogP contribution is -1.86. The third kappa shape index (κ3) is 3.28. The van der Waals surface area contributed by atoms with E-state index in [1.807, 2.05) is 23.1 Å². The molecule has 0 unspecified atom stereocenters. The van der Waals surface area contributed by atoms with Crippen LogP contribution in [0.1, 0.15) is 26.3 Å². The molecule has 0 radical (unpaired) electrons. The number of ether oxygens (including phenoxy) is 1. The predicted molar refractivity (Wildman–Crippen MR) is 92.0 cm³/mol. The Bertz CT molecular complexity index is 593. The summed E-state index contributed by atoms with van der Waals surface area (Å²) < 4.78 is 6.94. The van der Waals surface area contributed by atoms with Gasteiger partial charge in [0.25, 0.3) is 0 Å². The molecule has 20 heavy (non-hydrogen) atoms. The Morgan fingerprint density at radius 3 is 2.50 bits per heavy atom. The molecule has 1 heterocycles. The Morgan fingerprint density at radius 2 is 1.95 bits per heavy atom. The Morgan fingerprint density at radius 1 is 1.25 bits per heavy atom. The lowest BCUT2D eigenvalue weighted by atomic mass is 10.1. The molecule has 0 saturated carbocycles. The molecule has 1 aromatic heterocycles. The molecule has 0 fully saturated rings. The summed E-state index contributed by atoms with van der Waals surface area (Å²) in [6.07, 6.45) is 2.22. The highest BCUT2D eigenvalue weighted by Gasteiger charge is 2.18. The summed E-state index contributed by atoms with van der Waals surface area (Å²) in [5.41, 5.74) is 3.75. The molecule has 0 atom stereocenters. The Balaban J connectivity index is 2.63. The van der Waals surface area contributed by atoms with E-state index in [0.29, 0.717) is 0 Å². The van der Waals surface area contributed by atoms with Crippen molar-refractivity contribution in [3.63, 3.8) is 0 Å². The molecule has 2 aromatic rings. The number of thioether (sulfide) groups is 1. The Kier molecular flexibility index (Phi) is 5.32. The van der Waals surface area contributed by atoms with Crippen molar-refractivity contribution in [3.05, 3.63) is 41.5 Å². The van der Waals surface area contributed by atoms with E-state index in [-0.39, 0.29) is 0 Å². The zero-order valence-corrected chi connectivity index (χ0v) is 14.0. The van der Waals surface area contributed by atoms with Gasteiger partial charge in [-0.1, -0.05) is 48.9 Å².